The van der Waals surface area contributed by atoms with Crippen molar-refractivity contribution in [1.82, 2.24) is 5.27 Å². The Balaban J connectivity index is 1.44. The predicted octanol–water partition coefficient (Wildman–Crippen LogP) is 3.75. The molecule has 0 saturated heterocycles. The molecule has 0 atom stereocenters. The molecule has 38 heavy (non-hydrogen) atoms. The number of amidine groups is 1. The topological polar surface area (TPSA) is 109 Å². The van der Waals surface area contributed by atoms with Gasteiger partial charge in [0.25, 0.3) is 5.91 Å². The zero-order chi connectivity index (χ0) is 26.6. The van der Waals surface area contributed by atoms with Crippen molar-refractivity contribution in [3.8, 4) is 11.4 Å². The number of hydrogen-bond donors (Lipinski definition) is 1. The number of para-hydroxylation sites is 1. The number of aliphatic imine (C=N–C) groups is 1. The number of hydrogen-bond acceptors (Lipinski definition) is 7. The number of ether oxygens (including phenoxy) is 1. The van der Waals surface area contributed by atoms with Crippen LogP contribution < -0.4 is 19.9 Å². The molecule has 190 valence electrons. The first kappa shape index (κ1) is 24.9. The average Bonchev–Trinajstić information content (AvgIpc) is 3.48. The first-order chi connectivity index (χ1) is 18.5. The standard InChI is InChI=1S/C27H19FN4O5S/c1-36-20-13-11-19(12-14-20)32-24(26(35)37-30-32)23(33)16-38-27-29-22(15-17-7-5-6-10-21(17)28)25(34)31(27)18-8-3-2-4-9-18/h2-15H,16H2,1H3/p+1/b22-15+. The van der Waals surface area contributed by atoms with E-state index in [-0.39, 0.29) is 27.9 Å². The highest BCUT2D eigenvalue weighted by atomic mass is 32.2. The van der Waals surface area contributed by atoms with Gasteiger partial charge in [0, 0.05) is 17.7 Å². The monoisotopic (exact) mass is 531 g/mol. The second kappa shape index (κ2) is 10.7. The fourth-order valence-corrected chi connectivity index (χ4v) is 4.64. The van der Waals surface area contributed by atoms with Gasteiger partial charge >= 0.3 is 11.3 Å². The van der Waals surface area contributed by atoms with E-state index in [0.29, 0.717) is 17.1 Å². The number of Topliss-reactive ketones (excluding diaryl/α,β-unsaturated/α-hetero) is 1. The number of thioether (sulfide) groups is 1. The van der Waals surface area contributed by atoms with Crippen molar-refractivity contribution >= 4 is 40.4 Å². The summed E-state index contributed by atoms with van der Waals surface area (Å²) >= 11 is 0.977. The first-order valence-electron chi connectivity index (χ1n) is 11.3. The van der Waals surface area contributed by atoms with Crippen LogP contribution in [0.3, 0.4) is 0 Å². The number of rotatable bonds is 7. The number of benzene rings is 3. The predicted molar refractivity (Wildman–Crippen MR) is 140 cm³/mol. The average molecular weight is 532 g/mol. The quantitative estimate of drug-likeness (QED) is 0.221. The maximum absolute atomic E-state index is 14.2. The molecular formula is C27H20FN4O5S+. The summed E-state index contributed by atoms with van der Waals surface area (Å²) in [5.74, 6) is -1.12. The maximum Gasteiger partial charge on any atom is 0.438 e. The van der Waals surface area contributed by atoms with Gasteiger partial charge in [0.15, 0.2) is 5.17 Å². The number of amides is 1. The van der Waals surface area contributed by atoms with Crippen molar-refractivity contribution in [2.24, 2.45) is 4.99 Å². The van der Waals surface area contributed by atoms with E-state index in [9.17, 15) is 18.8 Å². The van der Waals surface area contributed by atoms with E-state index in [1.165, 1.54) is 34.9 Å². The molecule has 9 nitrogen and oxygen atoms in total. The van der Waals surface area contributed by atoms with E-state index in [2.05, 4.69) is 10.3 Å². The summed E-state index contributed by atoms with van der Waals surface area (Å²) in [5.41, 5.74) is 0.183. The largest absolute Gasteiger partial charge is 0.497 e. The SMILES string of the molecule is COc1ccc(-[n+]2[nH]oc(=O)c2C(=O)CSC2=N/C(=C/c3ccccc3F)C(=O)N2c2ccccc2)cc1. The highest BCUT2D eigenvalue weighted by Crippen LogP contribution is 2.29. The molecule has 1 N–H and O–H groups in total. The lowest BCUT2D eigenvalue weighted by Crippen LogP contribution is -2.41. The van der Waals surface area contributed by atoms with E-state index >= 15 is 0 Å². The van der Waals surface area contributed by atoms with Crippen LogP contribution in [0.15, 0.2) is 98.9 Å². The van der Waals surface area contributed by atoms with Crippen molar-refractivity contribution < 1.29 is 27.9 Å². The van der Waals surface area contributed by atoms with Crippen molar-refractivity contribution in [2.45, 2.75) is 0 Å². The number of carbonyl (C=O) groups is 2. The number of aromatic nitrogens is 2. The van der Waals surface area contributed by atoms with Crippen molar-refractivity contribution in [2.75, 3.05) is 17.8 Å². The molecular weight excluding hydrogens is 511 g/mol. The molecule has 0 radical (unpaired) electrons. The number of carbonyl (C=O) groups excluding carboxylic acids is 2. The number of nitrogens with zero attached hydrogens (tertiary/aromatic N) is 3. The van der Waals surface area contributed by atoms with E-state index in [1.807, 2.05) is 0 Å². The number of H-pyrrole nitrogens is 1. The van der Waals surface area contributed by atoms with E-state index < -0.39 is 23.1 Å². The second-order valence-corrected chi connectivity index (χ2v) is 8.94. The molecule has 0 spiro atoms. The summed E-state index contributed by atoms with van der Waals surface area (Å²) < 4.78 is 25.5. The molecule has 0 saturated carbocycles. The molecule has 2 heterocycles. The van der Waals surface area contributed by atoms with Gasteiger partial charge in [-0.2, -0.15) is 0 Å². The summed E-state index contributed by atoms with van der Waals surface area (Å²) in [5, 5.41) is 2.65. The Labute approximate surface area is 219 Å². The minimum absolute atomic E-state index is 0.0170. The van der Waals surface area contributed by atoms with Crippen LogP contribution in [0.2, 0.25) is 0 Å². The van der Waals surface area contributed by atoms with Crippen LogP contribution in [0.4, 0.5) is 10.1 Å². The van der Waals surface area contributed by atoms with Gasteiger partial charge in [-0.15, -0.1) is 0 Å². The summed E-state index contributed by atoms with van der Waals surface area (Å²) in [6.45, 7) is 0. The third kappa shape index (κ3) is 4.91. The molecule has 1 aliphatic heterocycles. The molecule has 11 heteroatoms. The lowest BCUT2D eigenvalue weighted by molar-refractivity contribution is -0.672. The van der Waals surface area contributed by atoms with Crippen molar-refractivity contribution in [3.05, 3.63) is 112 Å². The minimum atomic E-state index is -0.837. The Morgan fingerprint density at radius 1 is 1.08 bits per heavy atom. The number of methoxy groups -OCH3 is 1. The summed E-state index contributed by atoms with van der Waals surface area (Å²) in [4.78, 5) is 44.6. The number of halogens is 1. The third-order valence-electron chi connectivity index (χ3n) is 5.62. The van der Waals surface area contributed by atoms with Gasteiger partial charge in [0.2, 0.25) is 11.5 Å². The van der Waals surface area contributed by atoms with Crippen LogP contribution in [0.25, 0.3) is 11.8 Å². The van der Waals surface area contributed by atoms with Crippen LogP contribution in [-0.4, -0.2) is 35.0 Å². The normalized spacial score (nSPS) is 14.2. The molecule has 4 aromatic rings. The van der Waals surface area contributed by atoms with E-state index in [0.717, 1.165) is 11.8 Å². The summed E-state index contributed by atoms with van der Waals surface area (Å²) in [6, 6.07) is 21.5. The maximum atomic E-state index is 14.2. The van der Waals surface area contributed by atoms with Crippen LogP contribution in [0.1, 0.15) is 16.1 Å². The Morgan fingerprint density at radius 2 is 1.79 bits per heavy atom. The molecule has 0 unspecified atom stereocenters. The van der Waals surface area contributed by atoms with Crippen molar-refractivity contribution in [1.29, 1.82) is 0 Å². The van der Waals surface area contributed by atoms with Gasteiger partial charge in [-0.1, -0.05) is 48.2 Å². The molecule has 1 aromatic heterocycles. The second-order valence-electron chi connectivity index (χ2n) is 8.00. The van der Waals surface area contributed by atoms with Crippen molar-refractivity contribution in [3.63, 3.8) is 0 Å². The van der Waals surface area contributed by atoms with Gasteiger partial charge in [-0.05, 0) is 46.4 Å². The van der Waals surface area contributed by atoms with E-state index in [4.69, 9.17) is 9.26 Å². The lowest BCUT2D eigenvalue weighted by Gasteiger charge is -2.17. The summed E-state index contributed by atoms with van der Waals surface area (Å²) in [6.07, 6.45) is 1.36. The fraction of sp³-hybridized carbons (Fsp3) is 0.0741. The molecule has 1 amide bonds. The van der Waals surface area contributed by atoms with E-state index in [1.54, 1.807) is 66.7 Å². The molecule has 0 aliphatic carbocycles. The number of ketones is 1. The zero-order valence-corrected chi connectivity index (χ0v) is 20.8. The first-order valence-corrected chi connectivity index (χ1v) is 12.3. The Bertz CT molecular complexity index is 1630. The molecule has 5 rings (SSSR count). The van der Waals surface area contributed by atoms with Gasteiger partial charge in [0.1, 0.15) is 17.3 Å². The van der Waals surface area contributed by atoms with Crippen LogP contribution >= 0.6 is 11.8 Å². The minimum Gasteiger partial charge on any atom is -0.497 e. The molecule has 0 fully saturated rings. The molecule has 3 aromatic carbocycles. The number of anilines is 1. The molecule has 1 aliphatic rings. The lowest BCUT2D eigenvalue weighted by atomic mass is 10.1. The van der Waals surface area contributed by atoms with Gasteiger partial charge in [-0.25, -0.2) is 14.2 Å². The van der Waals surface area contributed by atoms with Crippen LogP contribution in [0.5, 0.6) is 5.75 Å². The number of nitrogens with one attached hydrogen (secondary N) is 1. The summed E-state index contributed by atoms with van der Waals surface area (Å²) in [7, 11) is 1.53. The Kier molecular flexibility index (Phi) is 7.00. The zero-order valence-electron chi connectivity index (χ0n) is 20.0. The van der Waals surface area contributed by atoms with Gasteiger partial charge < -0.3 is 4.74 Å². The molecule has 0 bridgehead atoms. The third-order valence-corrected chi connectivity index (χ3v) is 6.55. The van der Waals surface area contributed by atoms with Crippen LogP contribution in [-0.2, 0) is 4.79 Å². The van der Waals surface area contributed by atoms with Gasteiger partial charge in [0.05, 0.1) is 18.6 Å². The smallest absolute Gasteiger partial charge is 0.438 e. The highest BCUT2D eigenvalue weighted by Gasteiger charge is 2.35. The van der Waals surface area contributed by atoms with Crippen LogP contribution in [0, 0.1) is 5.82 Å². The fourth-order valence-electron chi connectivity index (χ4n) is 3.76. The number of aromatic amines is 1. The highest BCUT2D eigenvalue weighted by molar-refractivity contribution is 8.14. The van der Waals surface area contributed by atoms with Gasteiger partial charge in [-0.3, -0.25) is 19.0 Å². The Hall–Kier alpha value is -4.77. The Morgan fingerprint density at radius 3 is 2.50 bits per heavy atom.